The minimum atomic E-state index is -1.15. The molecule has 0 fully saturated rings. The van der Waals surface area contributed by atoms with E-state index in [1.807, 2.05) is 0 Å². The second-order valence-electron chi connectivity index (χ2n) is 9.20. The van der Waals surface area contributed by atoms with Crippen molar-refractivity contribution in [1.82, 2.24) is 14.5 Å². The van der Waals surface area contributed by atoms with E-state index in [9.17, 15) is 9.90 Å². The van der Waals surface area contributed by atoms with Gasteiger partial charge in [0.15, 0.2) is 5.65 Å². The van der Waals surface area contributed by atoms with Crippen molar-refractivity contribution < 1.29 is 9.90 Å². The Balaban J connectivity index is 2.11. The number of aryl methyl sites for hydroxylation is 4. The summed E-state index contributed by atoms with van der Waals surface area (Å²) in [7, 11) is 0. The van der Waals surface area contributed by atoms with E-state index < -0.39 is 6.09 Å². The number of anilines is 2. The average molecular weight is 450 g/mol. The topological polar surface area (TPSA) is 83.3 Å². The fraction of sp³-hybridized carbons (Fsp3) is 0.500. The van der Waals surface area contributed by atoms with E-state index in [1.165, 1.54) is 27.9 Å². The maximum atomic E-state index is 11.5. The van der Waals surface area contributed by atoms with Crippen LogP contribution in [0.4, 0.5) is 16.6 Å². The summed E-state index contributed by atoms with van der Waals surface area (Å²) in [6.45, 7) is 12.5. The molecule has 1 aliphatic carbocycles. The van der Waals surface area contributed by atoms with Gasteiger partial charge >= 0.3 is 6.09 Å². The summed E-state index contributed by atoms with van der Waals surface area (Å²) in [6, 6.07) is 4.42. The van der Waals surface area contributed by atoms with Crippen molar-refractivity contribution >= 4 is 28.9 Å². The number of aromatic nitrogens is 3. The van der Waals surface area contributed by atoms with Crippen LogP contribution >= 0.6 is 0 Å². The molecular weight excluding hydrogens is 414 g/mol. The third-order valence-corrected chi connectivity index (χ3v) is 6.46. The molecular formula is C26H35N5O2. The number of carbonyl (C=O) groups is 1. The van der Waals surface area contributed by atoms with Gasteiger partial charge in [0.2, 0.25) is 5.95 Å². The van der Waals surface area contributed by atoms with Crippen molar-refractivity contribution in [2.75, 3.05) is 23.3 Å². The molecule has 176 valence electrons. The van der Waals surface area contributed by atoms with Crippen LogP contribution < -0.4 is 10.2 Å². The first-order valence-electron chi connectivity index (χ1n) is 12.1. The molecule has 0 saturated carbocycles. The van der Waals surface area contributed by atoms with Crippen LogP contribution in [0.25, 0.3) is 16.7 Å². The fourth-order valence-electron chi connectivity index (χ4n) is 5.41. The van der Waals surface area contributed by atoms with Crippen LogP contribution in [0.3, 0.4) is 0 Å². The van der Waals surface area contributed by atoms with Crippen LogP contribution in [0, 0.1) is 20.8 Å². The second-order valence-corrected chi connectivity index (χ2v) is 9.20. The molecule has 2 heterocycles. The first-order valence-corrected chi connectivity index (χ1v) is 12.1. The number of hydrogen-bond acceptors (Lipinski definition) is 4. The molecule has 1 amide bonds. The summed E-state index contributed by atoms with van der Waals surface area (Å²) in [5.74, 6) is 0.993. The molecule has 2 N–H and O–H groups in total. The Morgan fingerprint density at radius 3 is 2.30 bits per heavy atom. The van der Waals surface area contributed by atoms with E-state index in [4.69, 9.17) is 9.97 Å². The van der Waals surface area contributed by atoms with Gasteiger partial charge in [-0.05, 0) is 76.0 Å². The van der Waals surface area contributed by atoms with Gasteiger partial charge in [0.1, 0.15) is 5.82 Å². The van der Waals surface area contributed by atoms with E-state index in [2.05, 4.69) is 61.5 Å². The molecule has 0 atom stereocenters. The lowest BCUT2D eigenvalue weighted by molar-refractivity contribution is 0.209. The first-order chi connectivity index (χ1) is 15.8. The summed E-state index contributed by atoms with van der Waals surface area (Å²) in [6.07, 6.45) is 5.11. The standard InChI is InChI=1S/C26H35N5O2/c1-6-12-30(13-7-2)23-21-19-10-8-9-11-20(19)31(22-17(4)14-16(3)15-18(22)5)24(21)28-25(27-23)29-26(32)33/h14-15H,6-13H2,1-5H3,(H,32,33)(H,27,28,29). The number of amides is 1. The summed E-state index contributed by atoms with van der Waals surface area (Å²) in [5.41, 5.74) is 8.21. The van der Waals surface area contributed by atoms with Gasteiger partial charge in [0.25, 0.3) is 0 Å². The number of nitrogens with zero attached hydrogens (tertiary/aromatic N) is 4. The van der Waals surface area contributed by atoms with E-state index in [-0.39, 0.29) is 5.95 Å². The highest BCUT2D eigenvalue weighted by Crippen LogP contribution is 2.40. The molecule has 7 nitrogen and oxygen atoms in total. The number of hydrogen-bond donors (Lipinski definition) is 2. The summed E-state index contributed by atoms with van der Waals surface area (Å²) < 4.78 is 2.29. The molecule has 0 unspecified atom stereocenters. The van der Waals surface area contributed by atoms with Gasteiger partial charge in [0.05, 0.1) is 11.1 Å². The van der Waals surface area contributed by atoms with Crippen LogP contribution in [0.1, 0.15) is 67.5 Å². The van der Waals surface area contributed by atoms with Crippen molar-refractivity contribution in [3.63, 3.8) is 0 Å². The number of benzene rings is 1. The van der Waals surface area contributed by atoms with Gasteiger partial charge < -0.3 is 10.0 Å². The molecule has 3 aromatic rings. The normalized spacial score (nSPS) is 13.2. The van der Waals surface area contributed by atoms with E-state index >= 15 is 0 Å². The number of carboxylic acid groups (broad SMARTS) is 1. The van der Waals surface area contributed by atoms with Gasteiger partial charge in [-0.25, -0.2) is 4.79 Å². The molecule has 1 aliphatic rings. The van der Waals surface area contributed by atoms with E-state index in [1.54, 1.807) is 0 Å². The lowest BCUT2D eigenvalue weighted by atomic mass is 9.95. The zero-order valence-corrected chi connectivity index (χ0v) is 20.5. The molecule has 2 aromatic heterocycles. The Morgan fingerprint density at radius 1 is 1.06 bits per heavy atom. The molecule has 0 bridgehead atoms. The van der Waals surface area contributed by atoms with Gasteiger partial charge in [-0.15, -0.1) is 0 Å². The number of fused-ring (bicyclic) bond motifs is 3. The zero-order valence-electron chi connectivity index (χ0n) is 20.5. The zero-order chi connectivity index (χ0) is 23.7. The molecule has 7 heteroatoms. The van der Waals surface area contributed by atoms with Gasteiger partial charge in [-0.3, -0.25) is 9.88 Å². The third-order valence-electron chi connectivity index (χ3n) is 6.46. The Hall–Kier alpha value is -3.09. The number of rotatable bonds is 7. The maximum absolute atomic E-state index is 11.5. The van der Waals surface area contributed by atoms with Crippen LogP contribution in [0.5, 0.6) is 0 Å². The summed E-state index contributed by atoms with van der Waals surface area (Å²) in [5, 5.41) is 12.9. The Morgan fingerprint density at radius 2 is 1.70 bits per heavy atom. The lowest BCUT2D eigenvalue weighted by Crippen LogP contribution is -2.27. The first kappa shape index (κ1) is 23.1. The molecule has 4 rings (SSSR count). The van der Waals surface area contributed by atoms with E-state index in [0.29, 0.717) is 0 Å². The number of nitrogens with one attached hydrogen (secondary N) is 1. The highest BCUT2D eigenvalue weighted by molar-refractivity contribution is 5.96. The predicted octanol–water partition coefficient (Wildman–Crippen LogP) is 5.94. The Labute approximate surface area is 195 Å². The van der Waals surface area contributed by atoms with Crippen molar-refractivity contribution in [3.05, 3.63) is 40.1 Å². The summed E-state index contributed by atoms with van der Waals surface area (Å²) in [4.78, 5) is 23.4. The smallest absolute Gasteiger partial charge is 0.411 e. The molecule has 33 heavy (non-hydrogen) atoms. The lowest BCUT2D eigenvalue weighted by Gasteiger charge is -2.24. The predicted molar refractivity (Wildman–Crippen MR) is 134 cm³/mol. The third kappa shape index (κ3) is 4.28. The summed E-state index contributed by atoms with van der Waals surface area (Å²) >= 11 is 0. The van der Waals surface area contributed by atoms with Crippen molar-refractivity contribution in [2.24, 2.45) is 0 Å². The minimum absolute atomic E-state index is 0.140. The van der Waals surface area contributed by atoms with Crippen LogP contribution in [0.2, 0.25) is 0 Å². The van der Waals surface area contributed by atoms with Crippen molar-refractivity contribution in [1.29, 1.82) is 0 Å². The quantitative estimate of drug-likeness (QED) is 0.466. The largest absolute Gasteiger partial charge is 0.465 e. The van der Waals surface area contributed by atoms with Gasteiger partial charge in [-0.2, -0.15) is 9.97 Å². The molecule has 0 spiro atoms. The maximum Gasteiger partial charge on any atom is 0.411 e. The highest BCUT2D eigenvalue weighted by Gasteiger charge is 2.28. The van der Waals surface area contributed by atoms with Crippen LogP contribution in [-0.2, 0) is 12.8 Å². The molecule has 0 aliphatic heterocycles. The van der Waals surface area contributed by atoms with Crippen LogP contribution in [-0.4, -0.2) is 38.8 Å². The fourth-order valence-corrected chi connectivity index (χ4v) is 5.41. The van der Waals surface area contributed by atoms with Crippen LogP contribution in [0.15, 0.2) is 12.1 Å². The Kier molecular flexibility index (Phi) is 6.58. The molecule has 0 radical (unpaired) electrons. The van der Waals surface area contributed by atoms with Gasteiger partial charge in [0, 0.05) is 18.8 Å². The molecule has 0 saturated heterocycles. The highest BCUT2D eigenvalue weighted by atomic mass is 16.4. The van der Waals surface area contributed by atoms with Crippen molar-refractivity contribution in [3.8, 4) is 5.69 Å². The van der Waals surface area contributed by atoms with Crippen molar-refractivity contribution in [2.45, 2.75) is 73.1 Å². The Bertz CT molecular complexity index is 1170. The second kappa shape index (κ2) is 9.41. The average Bonchev–Trinajstić information content (AvgIpc) is 3.06. The minimum Gasteiger partial charge on any atom is -0.465 e. The van der Waals surface area contributed by atoms with E-state index in [0.717, 1.165) is 74.2 Å². The molecule has 1 aromatic carbocycles. The van der Waals surface area contributed by atoms with Gasteiger partial charge in [-0.1, -0.05) is 31.5 Å². The SMILES string of the molecule is CCCN(CCC)c1nc(NC(=O)O)nc2c1c1c(n2-c2c(C)cc(C)cc2C)CCCC1. The monoisotopic (exact) mass is 449 g/mol.